The highest BCUT2D eigenvalue weighted by Gasteiger charge is 2.25. The van der Waals surface area contributed by atoms with Crippen molar-refractivity contribution in [3.63, 3.8) is 0 Å². The zero-order valence-electron chi connectivity index (χ0n) is 11.1. The van der Waals surface area contributed by atoms with E-state index in [0.717, 1.165) is 19.4 Å². The molecule has 1 aliphatic heterocycles. The van der Waals surface area contributed by atoms with Crippen molar-refractivity contribution in [1.82, 2.24) is 10.0 Å². The van der Waals surface area contributed by atoms with Gasteiger partial charge >= 0.3 is 0 Å². The molecular weight excluding hydrogens is 267 g/mol. The maximum Gasteiger partial charge on any atom is 0.241 e. The third kappa shape index (κ3) is 3.52. The number of nitrogens with one attached hydrogen (secondary N) is 2. The second-order valence-electron chi connectivity index (χ2n) is 5.11. The summed E-state index contributed by atoms with van der Waals surface area (Å²) < 4.78 is 40.3. The summed E-state index contributed by atoms with van der Waals surface area (Å²) in [7, 11) is -3.58. The number of hydrogen-bond donors (Lipinski definition) is 2. The number of sulfonamides is 1. The quantitative estimate of drug-likeness (QED) is 0.886. The minimum atomic E-state index is -3.58. The van der Waals surface area contributed by atoms with Gasteiger partial charge in [-0.05, 0) is 57.0 Å². The summed E-state index contributed by atoms with van der Waals surface area (Å²) in [4.78, 5) is 0.153. The van der Waals surface area contributed by atoms with Crippen LogP contribution in [-0.2, 0) is 10.0 Å². The van der Waals surface area contributed by atoms with Gasteiger partial charge in [-0.1, -0.05) is 0 Å². The van der Waals surface area contributed by atoms with Crippen LogP contribution in [0, 0.1) is 12.7 Å². The van der Waals surface area contributed by atoms with Gasteiger partial charge in [0, 0.05) is 12.1 Å². The Kier molecular flexibility index (Phi) is 4.23. The summed E-state index contributed by atoms with van der Waals surface area (Å²) >= 11 is 0. The van der Waals surface area contributed by atoms with Crippen LogP contribution in [0.2, 0.25) is 0 Å². The van der Waals surface area contributed by atoms with Crippen LogP contribution in [-0.4, -0.2) is 27.0 Å². The molecule has 1 fully saturated rings. The molecule has 0 radical (unpaired) electrons. The molecule has 0 amide bonds. The van der Waals surface area contributed by atoms with E-state index in [2.05, 4.69) is 10.0 Å². The van der Waals surface area contributed by atoms with E-state index in [9.17, 15) is 12.8 Å². The van der Waals surface area contributed by atoms with E-state index in [1.165, 1.54) is 18.2 Å². The van der Waals surface area contributed by atoms with Crippen molar-refractivity contribution < 1.29 is 12.8 Å². The molecule has 2 atom stereocenters. The largest absolute Gasteiger partial charge is 0.314 e. The van der Waals surface area contributed by atoms with E-state index in [0.29, 0.717) is 11.6 Å². The highest BCUT2D eigenvalue weighted by atomic mass is 32.2. The molecule has 2 rings (SSSR count). The fraction of sp³-hybridized carbons (Fsp3) is 0.538. The molecule has 6 heteroatoms. The molecule has 0 saturated carbocycles. The summed E-state index contributed by atoms with van der Waals surface area (Å²) in [6.07, 6.45) is 1.53. The van der Waals surface area contributed by atoms with E-state index < -0.39 is 15.8 Å². The van der Waals surface area contributed by atoms with E-state index in [1.807, 2.05) is 6.92 Å². The van der Waals surface area contributed by atoms with Crippen LogP contribution in [0.1, 0.15) is 25.3 Å². The zero-order chi connectivity index (χ0) is 14.0. The fourth-order valence-electron chi connectivity index (χ4n) is 2.44. The first-order chi connectivity index (χ1) is 8.88. The molecule has 2 N–H and O–H groups in total. The molecule has 0 aromatic heterocycles. The zero-order valence-corrected chi connectivity index (χ0v) is 11.9. The van der Waals surface area contributed by atoms with Gasteiger partial charge in [0.2, 0.25) is 10.0 Å². The fourth-order valence-corrected chi connectivity index (χ4v) is 3.95. The lowest BCUT2D eigenvalue weighted by Gasteiger charge is -2.28. The number of hydrogen-bond acceptors (Lipinski definition) is 3. The van der Waals surface area contributed by atoms with E-state index in [1.54, 1.807) is 6.92 Å². The molecule has 1 aromatic carbocycles. The predicted octanol–water partition coefficient (Wildman–Crippen LogP) is 1.55. The Morgan fingerprint density at radius 3 is 2.79 bits per heavy atom. The monoisotopic (exact) mass is 286 g/mol. The average molecular weight is 286 g/mol. The second kappa shape index (κ2) is 5.56. The van der Waals surface area contributed by atoms with Crippen molar-refractivity contribution in [2.24, 2.45) is 0 Å². The molecule has 4 nitrogen and oxygen atoms in total. The topological polar surface area (TPSA) is 58.2 Å². The predicted molar refractivity (Wildman–Crippen MR) is 71.9 cm³/mol. The minimum Gasteiger partial charge on any atom is -0.314 e. The third-order valence-electron chi connectivity index (χ3n) is 3.37. The number of benzene rings is 1. The molecule has 106 valence electrons. The number of halogens is 1. The first-order valence-corrected chi connectivity index (χ1v) is 7.88. The lowest BCUT2D eigenvalue weighted by atomic mass is 10.0. The van der Waals surface area contributed by atoms with Gasteiger partial charge in [0.1, 0.15) is 5.82 Å². The van der Waals surface area contributed by atoms with Crippen molar-refractivity contribution >= 4 is 10.0 Å². The molecule has 1 aromatic rings. The molecule has 0 aliphatic carbocycles. The van der Waals surface area contributed by atoms with Crippen LogP contribution in [0.25, 0.3) is 0 Å². The smallest absolute Gasteiger partial charge is 0.241 e. The molecule has 0 bridgehead atoms. The summed E-state index contributed by atoms with van der Waals surface area (Å²) in [5.41, 5.74) is 0.425. The van der Waals surface area contributed by atoms with Crippen molar-refractivity contribution in [3.8, 4) is 0 Å². The Morgan fingerprint density at radius 2 is 2.16 bits per heavy atom. The second-order valence-corrected chi connectivity index (χ2v) is 6.79. The summed E-state index contributed by atoms with van der Waals surface area (Å²) in [6, 6.07) is 3.96. The Hall–Kier alpha value is -0.980. The first kappa shape index (κ1) is 14.4. The van der Waals surface area contributed by atoms with Crippen molar-refractivity contribution in [3.05, 3.63) is 29.6 Å². The van der Waals surface area contributed by atoms with Crippen molar-refractivity contribution in [1.29, 1.82) is 0 Å². The van der Waals surface area contributed by atoms with Crippen LogP contribution in [0.15, 0.2) is 23.1 Å². The molecular formula is C13H19FN2O2S. The lowest BCUT2D eigenvalue weighted by Crippen LogP contribution is -2.46. The van der Waals surface area contributed by atoms with Gasteiger partial charge in [-0.15, -0.1) is 0 Å². The Morgan fingerprint density at radius 1 is 1.42 bits per heavy atom. The molecule has 0 spiro atoms. The van der Waals surface area contributed by atoms with Crippen molar-refractivity contribution in [2.45, 2.75) is 43.7 Å². The molecule has 2 unspecified atom stereocenters. The van der Waals surface area contributed by atoms with E-state index >= 15 is 0 Å². The Balaban J connectivity index is 2.18. The number of piperidine rings is 1. The van der Waals surface area contributed by atoms with Gasteiger partial charge in [-0.25, -0.2) is 17.5 Å². The van der Waals surface area contributed by atoms with Gasteiger partial charge in [-0.2, -0.15) is 0 Å². The first-order valence-electron chi connectivity index (χ1n) is 6.40. The standard InChI is InChI=1S/C13H19FN2O2S/c1-9-7-11(14)3-4-13(9)19(17,18)16-12-5-6-15-10(2)8-12/h3-4,7,10,12,15-16H,5-6,8H2,1-2H3. The van der Waals surface area contributed by atoms with E-state index in [-0.39, 0.29) is 10.9 Å². The average Bonchev–Trinajstić information content (AvgIpc) is 2.27. The molecule has 1 saturated heterocycles. The highest BCUT2D eigenvalue weighted by Crippen LogP contribution is 2.18. The van der Waals surface area contributed by atoms with Gasteiger partial charge in [0.25, 0.3) is 0 Å². The van der Waals surface area contributed by atoms with Gasteiger partial charge < -0.3 is 5.32 Å². The van der Waals surface area contributed by atoms with Crippen LogP contribution in [0.5, 0.6) is 0 Å². The van der Waals surface area contributed by atoms with Crippen LogP contribution in [0.3, 0.4) is 0 Å². The van der Waals surface area contributed by atoms with Crippen LogP contribution < -0.4 is 10.0 Å². The minimum absolute atomic E-state index is 0.0642. The molecule has 19 heavy (non-hydrogen) atoms. The normalized spacial score (nSPS) is 24.4. The maximum absolute atomic E-state index is 13.0. The molecule has 1 aliphatic rings. The molecule has 1 heterocycles. The van der Waals surface area contributed by atoms with E-state index in [4.69, 9.17) is 0 Å². The van der Waals surface area contributed by atoms with Crippen LogP contribution >= 0.6 is 0 Å². The van der Waals surface area contributed by atoms with Crippen LogP contribution in [0.4, 0.5) is 4.39 Å². The van der Waals surface area contributed by atoms with Crippen molar-refractivity contribution in [2.75, 3.05) is 6.54 Å². The lowest BCUT2D eigenvalue weighted by molar-refractivity contribution is 0.361. The summed E-state index contributed by atoms with van der Waals surface area (Å²) in [5.74, 6) is -0.424. The SMILES string of the molecule is Cc1cc(F)ccc1S(=O)(=O)NC1CCNC(C)C1. The van der Waals surface area contributed by atoms with Gasteiger partial charge in [-0.3, -0.25) is 0 Å². The maximum atomic E-state index is 13.0. The number of aryl methyl sites for hydroxylation is 1. The summed E-state index contributed by atoms with van der Waals surface area (Å²) in [5, 5.41) is 3.27. The summed E-state index contributed by atoms with van der Waals surface area (Å²) in [6.45, 7) is 4.43. The van der Waals surface area contributed by atoms with Gasteiger partial charge in [0.05, 0.1) is 4.90 Å². The third-order valence-corrected chi connectivity index (χ3v) is 5.05. The van der Waals surface area contributed by atoms with Gasteiger partial charge in [0.15, 0.2) is 0 Å². The number of rotatable bonds is 3. The Bertz CT molecular complexity index is 560. The highest BCUT2D eigenvalue weighted by molar-refractivity contribution is 7.89. The Labute approximate surface area is 113 Å².